The molecule has 2 heterocycles. The summed E-state index contributed by atoms with van der Waals surface area (Å²) in [7, 11) is 0. The molecule has 2 N–H and O–H groups in total. The molecule has 1 aromatic carbocycles. The first-order valence-electron chi connectivity index (χ1n) is 8.08. The Hall–Kier alpha value is -2.20. The quantitative estimate of drug-likeness (QED) is 0.874. The predicted molar refractivity (Wildman–Crippen MR) is 87.1 cm³/mol. The number of nitrogens with one attached hydrogen (secondary N) is 1. The lowest BCUT2D eigenvalue weighted by molar-refractivity contribution is 0.0185. The van der Waals surface area contributed by atoms with Gasteiger partial charge in [-0.1, -0.05) is 17.3 Å². The third-order valence-corrected chi connectivity index (χ3v) is 4.50. The predicted octanol–water partition coefficient (Wildman–Crippen LogP) is 2.18. The van der Waals surface area contributed by atoms with Gasteiger partial charge in [-0.05, 0) is 37.5 Å². The molecule has 1 aliphatic rings. The van der Waals surface area contributed by atoms with Crippen molar-refractivity contribution in [3.63, 3.8) is 0 Å². The standard InChI is InChI=1S/C18H21N3O3/c1-13-10-17(24-21-13)18(6-8-23-9-7-18)20-12-16(22)15-4-2-14(11-19)3-5-15/h2-5,10,16,20,22H,6-9,12H2,1H3. The van der Waals surface area contributed by atoms with Crippen molar-refractivity contribution in [1.82, 2.24) is 10.5 Å². The SMILES string of the molecule is Cc1cc(C2(NCC(O)c3ccc(C#N)cc3)CCOCC2)on1. The van der Waals surface area contributed by atoms with Crippen molar-refractivity contribution in [2.24, 2.45) is 0 Å². The van der Waals surface area contributed by atoms with Crippen LogP contribution in [0.15, 0.2) is 34.9 Å². The topological polar surface area (TPSA) is 91.3 Å². The summed E-state index contributed by atoms with van der Waals surface area (Å²) in [5.41, 5.74) is 1.83. The summed E-state index contributed by atoms with van der Waals surface area (Å²) in [6, 6.07) is 11.0. The van der Waals surface area contributed by atoms with E-state index in [1.54, 1.807) is 24.3 Å². The van der Waals surface area contributed by atoms with E-state index in [4.69, 9.17) is 14.5 Å². The summed E-state index contributed by atoms with van der Waals surface area (Å²) in [5, 5.41) is 26.8. The Morgan fingerprint density at radius 1 is 1.33 bits per heavy atom. The fraction of sp³-hybridized carbons (Fsp3) is 0.444. The number of nitrogens with zero attached hydrogens (tertiary/aromatic N) is 2. The second-order valence-corrected chi connectivity index (χ2v) is 6.16. The van der Waals surface area contributed by atoms with Crippen LogP contribution in [0.4, 0.5) is 0 Å². The molecule has 1 aliphatic heterocycles. The summed E-state index contributed by atoms with van der Waals surface area (Å²) >= 11 is 0. The number of ether oxygens (including phenoxy) is 1. The van der Waals surface area contributed by atoms with Crippen molar-refractivity contribution in [1.29, 1.82) is 5.26 Å². The molecule has 24 heavy (non-hydrogen) atoms. The smallest absolute Gasteiger partial charge is 0.157 e. The highest BCUT2D eigenvalue weighted by molar-refractivity contribution is 5.32. The van der Waals surface area contributed by atoms with Crippen LogP contribution in [0.2, 0.25) is 0 Å². The molecule has 1 unspecified atom stereocenters. The Morgan fingerprint density at radius 3 is 2.62 bits per heavy atom. The lowest BCUT2D eigenvalue weighted by Gasteiger charge is -2.36. The molecule has 0 saturated carbocycles. The van der Waals surface area contributed by atoms with Gasteiger partial charge < -0.3 is 19.7 Å². The number of benzene rings is 1. The Labute approximate surface area is 141 Å². The molecular weight excluding hydrogens is 306 g/mol. The second-order valence-electron chi connectivity index (χ2n) is 6.16. The summed E-state index contributed by atoms with van der Waals surface area (Å²) in [6.45, 7) is 3.55. The van der Waals surface area contributed by atoms with Gasteiger partial charge in [-0.25, -0.2) is 0 Å². The van der Waals surface area contributed by atoms with Gasteiger partial charge in [0, 0.05) is 25.8 Å². The van der Waals surface area contributed by atoms with Gasteiger partial charge in [-0.2, -0.15) is 5.26 Å². The van der Waals surface area contributed by atoms with Crippen LogP contribution < -0.4 is 5.32 Å². The van der Waals surface area contributed by atoms with E-state index >= 15 is 0 Å². The first-order valence-corrected chi connectivity index (χ1v) is 8.08. The third-order valence-electron chi connectivity index (χ3n) is 4.50. The lowest BCUT2D eigenvalue weighted by Crippen LogP contribution is -2.48. The Kier molecular flexibility index (Phi) is 4.95. The molecule has 0 aliphatic carbocycles. The maximum Gasteiger partial charge on any atom is 0.157 e. The monoisotopic (exact) mass is 327 g/mol. The maximum atomic E-state index is 10.5. The lowest BCUT2D eigenvalue weighted by atomic mass is 9.86. The van der Waals surface area contributed by atoms with Crippen LogP contribution in [0.3, 0.4) is 0 Å². The average molecular weight is 327 g/mol. The van der Waals surface area contributed by atoms with E-state index in [9.17, 15) is 5.11 Å². The van der Waals surface area contributed by atoms with Crippen LogP contribution in [0, 0.1) is 18.3 Å². The van der Waals surface area contributed by atoms with Crippen molar-refractivity contribution in [2.75, 3.05) is 19.8 Å². The molecule has 6 nitrogen and oxygen atoms in total. The van der Waals surface area contributed by atoms with Crippen LogP contribution in [0.25, 0.3) is 0 Å². The van der Waals surface area contributed by atoms with Gasteiger partial charge in [0.2, 0.25) is 0 Å². The minimum atomic E-state index is -0.665. The van der Waals surface area contributed by atoms with E-state index in [1.165, 1.54) is 0 Å². The van der Waals surface area contributed by atoms with Gasteiger partial charge in [-0.15, -0.1) is 0 Å². The minimum absolute atomic E-state index is 0.368. The van der Waals surface area contributed by atoms with E-state index in [2.05, 4.69) is 16.5 Å². The first kappa shape index (κ1) is 16.7. The largest absolute Gasteiger partial charge is 0.387 e. The zero-order valence-corrected chi connectivity index (χ0v) is 13.7. The second kappa shape index (κ2) is 7.14. The molecule has 6 heteroatoms. The molecule has 126 valence electrons. The highest BCUT2D eigenvalue weighted by Crippen LogP contribution is 2.33. The normalized spacial score (nSPS) is 18.0. The zero-order valence-electron chi connectivity index (χ0n) is 13.7. The third kappa shape index (κ3) is 3.49. The Morgan fingerprint density at radius 2 is 2.04 bits per heavy atom. The minimum Gasteiger partial charge on any atom is -0.387 e. The van der Waals surface area contributed by atoms with Crippen LogP contribution in [-0.4, -0.2) is 30.0 Å². The summed E-state index contributed by atoms with van der Waals surface area (Å²) in [5.74, 6) is 0.787. The van der Waals surface area contributed by atoms with Crippen molar-refractivity contribution >= 4 is 0 Å². The molecule has 1 aromatic heterocycles. The molecule has 0 spiro atoms. The van der Waals surface area contributed by atoms with Crippen molar-refractivity contribution in [3.8, 4) is 6.07 Å². The Balaban J connectivity index is 1.72. The van der Waals surface area contributed by atoms with E-state index in [-0.39, 0.29) is 5.54 Å². The summed E-state index contributed by atoms with van der Waals surface area (Å²) < 4.78 is 11.0. The van der Waals surface area contributed by atoms with Gasteiger partial charge in [0.25, 0.3) is 0 Å². The number of aryl methyl sites for hydroxylation is 1. The van der Waals surface area contributed by atoms with E-state index in [0.717, 1.165) is 29.9 Å². The number of hydrogen-bond donors (Lipinski definition) is 2. The molecule has 0 radical (unpaired) electrons. The van der Waals surface area contributed by atoms with Crippen LogP contribution in [0.5, 0.6) is 0 Å². The van der Waals surface area contributed by atoms with Crippen LogP contribution >= 0.6 is 0 Å². The number of aromatic nitrogens is 1. The van der Waals surface area contributed by atoms with E-state index in [1.807, 2.05) is 13.0 Å². The molecule has 1 saturated heterocycles. The Bertz CT molecular complexity index is 712. The molecule has 3 rings (SSSR count). The number of aliphatic hydroxyl groups excluding tert-OH is 1. The molecule has 1 atom stereocenters. The fourth-order valence-corrected chi connectivity index (χ4v) is 3.01. The highest BCUT2D eigenvalue weighted by atomic mass is 16.5. The molecular formula is C18H21N3O3. The van der Waals surface area contributed by atoms with Gasteiger partial charge in [0.05, 0.1) is 29.0 Å². The zero-order chi connectivity index (χ0) is 17.0. The molecule has 0 amide bonds. The first-order chi connectivity index (χ1) is 11.6. The number of aliphatic hydroxyl groups is 1. The average Bonchev–Trinajstić information content (AvgIpc) is 3.07. The van der Waals surface area contributed by atoms with Gasteiger partial charge >= 0.3 is 0 Å². The fourth-order valence-electron chi connectivity index (χ4n) is 3.01. The molecule has 1 fully saturated rings. The van der Waals surface area contributed by atoms with Crippen LogP contribution in [-0.2, 0) is 10.3 Å². The van der Waals surface area contributed by atoms with Gasteiger partial charge in [-0.3, -0.25) is 0 Å². The van der Waals surface area contributed by atoms with Gasteiger partial charge in [0.1, 0.15) is 0 Å². The maximum absolute atomic E-state index is 10.5. The van der Waals surface area contributed by atoms with Gasteiger partial charge in [0.15, 0.2) is 5.76 Å². The van der Waals surface area contributed by atoms with Crippen LogP contribution in [0.1, 0.15) is 41.5 Å². The number of hydrogen-bond acceptors (Lipinski definition) is 6. The molecule has 2 aromatic rings. The van der Waals surface area contributed by atoms with E-state index < -0.39 is 6.10 Å². The van der Waals surface area contributed by atoms with E-state index in [0.29, 0.717) is 25.3 Å². The van der Waals surface area contributed by atoms with Crippen molar-refractivity contribution in [3.05, 3.63) is 52.9 Å². The van der Waals surface area contributed by atoms with Crippen molar-refractivity contribution in [2.45, 2.75) is 31.4 Å². The number of nitriles is 1. The summed E-state index contributed by atoms with van der Waals surface area (Å²) in [4.78, 5) is 0. The summed E-state index contributed by atoms with van der Waals surface area (Å²) in [6.07, 6.45) is 0.866. The molecule has 0 bridgehead atoms. The number of rotatable bonds is 5. The highest BCUT2D eigenvalue weighted by Gasteiger charge is 2.38. The van der Waals surface area contributed by atoms with Crippen molar-refractivity contribution < 1.29 is 14.4 Å².